The zero-order valence-corrected chi connectivity index (χ0v) is 11.9. The number of nitriles is 1. The highest BCUT2D eigenvalue weighted by Gasteiger charge is 2.23. The SMILES string of the molecule is N#Cc1c(N)nc2c(c1-c1ccc(Br)s1)CCC2. The van der Waals surface area contributed by atoms with Crippen molar-refractivity contribution in [2.45, 2.75) is 19.3 Å². The maximum Gasteiger partial charge on any atom is 0.142 e. The van der Waals surface area contributed by atoms with E-state index < -0.39 is 0 Å². The Morgan fingerprint density at radius 3 is 2.89 bits per heavy atom. The smallest absolute Gasteiger partial charge is 0.142 e. The molecule has 3 rings (SSSR count). The van der Waals surface area contributed by atoms with Gasteiger partial charge in [-0.3, -0.25) is 0 Å². The summed E-state index contributed by atoms with van der Waals surface area (Å²) in [6.45, 7) is 0. The van der Waals surface area contributed by atoms with Crippen molar-refractivity contribution in [3.05, 3.63) is 32.7 Å². The number of aryl methyl sites for hydroxylation is 1. The van der Waals surface area contributed by atoms with Gasteiger partial charge in [0.25, 0.3) is 0 Å². The fourth-order valence-electron chi connectivity index (χ4n) is 2.43. The molecule has 0 bridgehead atoms. The van der Waals surface area contributed by atoms with Crippen LogP contribution in [0, 0.1) is 11.3 Å². The molecule has 0 aliphatic heterocycles. The summed E-state index contributed by atoms with van der Waals surface area (Å²) in [6, 6.07) is 6.24. The summed E-state index contributed by atoms with van der Waals surface area (Å²) in [7, 11) is 0. The van der Waals surface area contributed by atoms with E-state index >= 15 is 0 Å². The summed E-state index contributed by atoms with van der Waals surface area (Å²) in [5, 5.41) is 9.32. The molecule has 3 nitrogen and oxygen atoms in total. The average Bonchev–Trinajstić information content (AvgIpc) is 2.95. The molecule has 2 aromatic heterocycles. The molecule has 18 heavy (non-hydrogen) atoms. The third-order valence-corrected chi connectivity index (χ3v) is 4.82. The van der Waals surface area contributed by atoms with Crippen molar-refractivity contribution < 1.29 is 0 Å². The molecule has 1 aliphatic carbocycles. The van der Waals surface area contributed by atoms with E-state index in [4.69, 9.17) is 5.73 Å². The predicted molar refractivity (Wildman–Crippen MR) is 76.4 cm³/mol. The Morgan fingerprint density at radius 1 is 1.39 bits per heavy atom. The summed E-state index contributed by atoms with van der Waals surface area (Å²) in [4.78, 5) is 5.45. The molecule has 0 spiro atoms. The molecule has 2 aromatic rings. The number of thiophene rings is 1. The maximum absolute atomic E-state index is 9.32. The van der Waals surface area contributed by atoms with Crippen molar-refractivity contribution in [1.29, 1.82) is 5.26 Å². The lowest BCUT2D eigenvalue weighted by molar-refractivity contribution is 0.900. The third kappa shape index (κ3) is 1.73. The number of hydrogen-bond acceptors (Lipinski definition) is 4. The van der Waals surface area contributed by atoms with Crippen molar-refractivity contribution >= 4 is 33.1 Å². The average molecular weight is 320 g/mol. The largest absolute Gasteiger partial charge is 0.383 e. The summed E-state index contributed by atoms with van der Waals surface area (Å²) < 4.78 is 1.06. The molecule has 0 radical (unpaired) electrons. The number of aromatic nitrogens is 1. The second-order valence-corrected chi connectivity index (χ2v) is 6.70. The van der Waals surface area contributed by atoms with Crippen LogP contribution in [0.25, 0.3) is 10.4 Å². The number of rotatable bonds is 1. The molecule has 0 saturated carbocycles. The lowest BCUT2D eigenvalue weighted by Gasteiger charge is -2.10. The summed E-state index contributed by atoms with van der Waals surface area (Å²) in [5.74, 6) is 0.359. The van der Waals surface area contributed by atoms with Gasteiger partial charge < -0.3 is 5.73 Å². The Kier molecular flexibility index (Phi) is 2.84. The van der Waals surface area contributed by atoms with Crippen molar-refractivity contribution in [1.82, 2.24) is 4.98 Å². The van der Waals surface area contributed by atoms with E-state index in [0.29, 0.717) is 11.4 Å². The highest BCUT2D eigenvalue weighted by molar-refractivity contribution is 9.11. The van der Waals surface area contributed by atoms with Gasteiger partial charge in [0.2, 0.25) is 0 Å². The van der Waals surface area contributed by atoms with Crippen molar-refractivity contribution in [3.8, 4) is 16.5 Å². The van der Waals surface area contributed by atoms with Crippen molar-refractivity contribution in [2.75, 3.05) is 5.73 Å². The van der Waals surface area contributed by atoms with Crippen molar-refractivity contribution in [2.24, 2.45) is 0 Å². The second kappa shape index (κ2) is 4.38. The fraction of sp³-hybridized carbons (Fsp3) is 0.231. The highest BCUT2D eigenvalue weighted by Crippen LogP contribution is 2.40. The topological polar surface area (TPSA) is 62.7 Å². The molecule has 5 heteroatoms. The lowest BCUT2D eigenvalue weighted by Crippen LogP contribution is -2.02. The fourth-order valence-corrected chi connectivity index (χ4v) is 3.90. The second-order valence-electron chi connectivity index (χ2n) is 4.24. The molecule has 2 N–H and O–H groups in total. The van der Waals surface area contributed by atoms with Gasteiger partial charge in [-0.25, -0.2) is 4.98 Å². The molecule has 0 fully saturated rings. The van der Waals surface area contributed by atoms with E-state index in [9.17, 15) is 5.26 Å². The van der Waals surface area contributed by atoms with E-state index in [-0.39, 0.29) is 0 Å². The molecule has 0 amide bonds. The minimum Gasteiger partial charge on any atom is -0.383 e. The van der Waals surface area contributed by atoms with Crippen LogP contribution < -0.4 is 5.73 Å². The zero-order valence-electron chi connectivity index (χ0n) is 9.53. The van der Waals surface area contributed by atoms with Gasteiger partial charge in [0, 0.05) is 16.1 Å². The number of anilines is 1. The molecule has 2 heterocycles. The van der Waals surface area contributed by atoms with Crippen LogP contribution in [0.1, 0.15) is 23.2 Å². The van der Waals surface area contributed by atoms with Gasteiger partial charge >= 0.3 is 0 Å². The molecule has 0 saturated heterocycles. The predicted octanol–water partition coefficient (Wildman–Crippen LogP) is 3.52. The molecular formula is C13H10BrN3S. The van der Waals surface area contributed by atoms with Crippen LogP contribution in [-0.2, 0) is 12.8 Å². The monoisotopic (exact) mass is 319 g/mol. The van der Waals surface area contributed by atoms with Gasteiger partial charge in [-0.05, 0) is 52.9 Å². The molecule has 0 atom stereocenters. The van der Waals surface area contributed by atoms with E-state index in [1.165, 1.54) is 5.56 Å². The number of halogens is 1. The first-order valence-electron chi connectivity index (χ1n) is 5.67. The van der Waals surface area contributed by atoms with Crippen LogP contribution in [0.4, 0.5) is 5.82 Å². The number of pyridine rings is 1. The Morgan fingerprint density at radius 2 is 2.22 bits per heavy atom. The van der Waals surface area contributed by atoms with Gasteiger partial charge in [-0.2, -0.15) is 5.26 Å². The van der Waals surface area contributed by atoms with Gasteiger partial charge in [0.05, 0.1) is 3.79 Å². The van der Waals surface area contributed by atoms with Crippen LogP contribution in [0.2, 0.25) is 0 Å². The van der Waals surface area contributed by atoms with Crippen LogP contribution in [-0.4, -0.2) is 4.98 Å². The van der Waals surface area contributed by atoms with Crippen LogP contribution in [0.3, 0.4) is 0 Å². The van der Waals surface area contributed by atoms with E-state index in [2.05, 4.69) is 27.0 Å². The number of hydrogen-bond donors (Lipinski definition) is 1. The number of nitrogens with zero attached hydrogens (tertiary/aromatic N) is 2. The minimum absolute atomic E-state index is 0.359. The summed E-state index contributed by atoms with van der Waals surface area (Å²) in [5.41, 5.74) is 9.69. The molecule has 1 aliphatic rings. The van der Waals surface area contributed by atoms with Gasteiger partial charge in [0.1, 0.15) is 17.5 Å². The number of nitrogen functional groups attached to an aromatic ring is 1. The minimum atomic E-state index is 0.359. The number of nitrogens with two attached hydrogens (primary N) is 1. The molecule has 0 aromatic carbocycles. The van der Waals surface area contributed by atoms with E-state index in [1.54, 1.807) is 11.3 Å². The van der Waals surface area contributed by atoms with Crippen LogP contribution in [0.15, 0.2) is 15.9 Å². The van der Waals surface area contributed by atoms with Crippen molar-refractivity contribution in [3.63, 3.8) is 0 Å². The number of fused-ring (bicyclic) bond motifs is 1. The van der Waals surface area contributed by atoms with Crippen LogP contribution >= 0.6 is 27.3 Å². The molecular weight excluding hydrogens is 310 g/mol. The highest BCUT2D eigenvalue weighted by atomic mass is 79.9. The maximum atomic E-state index is 9.32. The Balaban J connectivity index is 2.33. The molecule has 0 unspecified atom stereocenters. The van der Waals surface area contributed by atoms with Gasteiger partial charge in [-0.15, -0.1) is 11.3 Å². The third-order valence-electron chi connectivity index (χ3n) is 3.18. The first-order valence-corrected chi connectivity index (χ1v) is 7.28. The summed E-state index contributed by atoms with van der Waals surface area (Å²) >= 11 is 5.09. The summed E-state index contributed by atoms with van der Waals surface area (Å²) in [6.07, 6.45) is 3.04. The Labute approximate surface area is 117 Å². The van der Waals surface area contributed by atoms with Gasteiger partial charge in [0.15, 0.2) is 0 Å². The first kappa shape index (κ1) is 11.7. The Hall–Kier alpha value is -1.38. The zero-order chi connectivity index (χ0) is 12.7. The lowest BCUT2D eigenvalue weighted by atomic mass is 10.0. The van der Waals surface area contributed by atoms with Crippen LogP contribution in [0.5, 0.6) is 0 Å². The quantitative estimate of drug-likeness (QED) is 0.874. The first-order chi connectivity index (χ1) is 8.70. The van der Waals surface area contributed by atoms with Gasteiger partial charge in [-0.1, -0.05) is 0 Å². The normalized spacial score (nSPS) is 13.3. The van der Waals surface area contributed by atoms with E-state index in [1.807, 2.05) is 12.1 Å². The molecule has 90 valence electrons. The Bertz CT molecular complexity index is 669. The standard InChI is InChI=1S/C13H10BrN3S/c14-11-5-4-10(18-11)12-7-2-1-3-9(7)17-13(16)8(12)6-15/h4-5H,1-3H2,(H2,16,17). The van der Waals surface area contributed by atoms with E-state index in [0.717, 1.165) is 39.2 Å².